The average Bonchev–Trinajstić information content (AvgIpc) is 2.55. The second-order valence-corrected chi connectivity index (χ2v) is 5.37. The second kappa shape index (κ2) is 6.43. The molecule has 0 saturated carbocycles. The van der Waals surface area contributed by atoms with Crippen molar-refractivity contribution in [2.75, 3.05) is 26.9 Å². The van der Waals surface area contributed by atoms with Gasteiger partial charge < -0.3 is 14.8 Å². The van der Waals surface area contributed by atoms with Crippen LogP contribution in [0.5, 0.6) is 5.75 Å². The van der Waals surface area contributed by atoms with Gasteiger partial charge >= 0.3 is 0 Å². The molecule has 1 fully saturated rings. The van der Waals surface area contributed by atoms with Crippen LogP contribution in [0, 0.1) is 0 Å². The molecule has 0 bridgehead atoms. The SMILES string of the molecule is COc1ccnc(-c2cc(Cl)cc(C3COCCN3)c2)c1. The zero-order valence-corrected chi connectivity index (χ0v) is 12.6. The van der Waals surface area contributed by atoms with Crippen molar-refractivity contribution in [2.24, 2.45) is 0 Å². The number of morpholine rings is 1. The van der Waals surface area contributed by atoms with E-state index in [-0.39, 0.29) is 6.04 Å². The van der Waals surface area contributed by atoms with Crippen LogP contribution in [0.25, 0.3) is 11.3 Å². The van der Waals surface area contributed by atoms with Crippen molar-refractivity contribution in [3.63, 3.8) is 0 Å². The minimum Gasteiger partial charge on any atom is -0.497 e. The van der Waals surface area contributed by atoms with E-state index in [9.17, 15) is 0 Å². The lowest BCUT2D eigenvalue weighted by molar-refractivity contribution is 0.0769. The molecule has 1 unspecified atom stereocenters. The predicted octanol–water partition coefficient (Wildman–Crippen LogP) is 3.07. The van der Waals surface area contributed by atoms with E-state index in [2.05, 4.69) is 16.4 Å². The Balaban J connectivity index is 1.96. The van der Waals surface area contributed by atoms with Crippen LogP contribution in [0.3, 0.4) is 0 Å². The molecular formula is C16H17ClN2O2. The van der Waals surface area contributed by atoms with Gasteiger partial charge in [-0.15, -0.1) is 0 Å². The van der Waals surface area contributed by atoms with Crippen LogP contribution in [0.15, 0.2) is 36.5 Å². The van der Waals surface area contributed by atoms with Gasteiger partial charge in [0.2, 0.25) is 0 Å². The lowest BCUT2D eigenvalue weighted by Crippen LogP contribution is -2.34. The van der Waals surface area contributed by atoms with E-state index in [0.717, 1.165) is 35.7 Å². The van der Waals surface area contributed by atoms with Gasteiger partial charge in [0.25, 0.3) is 0 Å². The minimum absolute atomic E-state index is 0.168. The average molecular weight is 305 g/mol. The van der Waals surface area contributed by atoms with Crippen molar-refractivity contribution >= 4 is 11.6 Å². The molecule has 2 aromatic rings. The monoisotopic (exact) mass is 304 g/mol. The molecule has 0 radical (unpaired) electrons. The zero-order chi connectivity index (χ0) is 14.7. The van der Waals surface area contributed by atoms with Gasteiger partial charge in [-0.2, -0.15) is 0 Å². The van der Waals surface area contributed by atoms with Crippen LogP contribution in [0.2, 0.25) is 5.02 Å². The van der Waals surface area contributed by atoms with Gasteiger partial charge in [0.15, 0.2) is 0 Å². The van der Waals surface area contributed by atoms with Crippen LogP contribution in [-0.4, -0.2) is 31.9 Å². The molecule has 0 amide bonds. The van der Waals surface area contributed by atoms with E-state index in [1.165, 1.54) is 0 Å². The normalized spacial score (nSPS) is 18.5. The van der Waals surface area contributed by atoms with Crippen molar-refractivity contribution in [1.82, 2.24) is 10.3 Å². The third kappa shape index (κ3) is 3.35. The first-order valence-electron chi connectivity index (χ1n) is 6.88. The van der Waals surface area contributed by atoms with E-state index >= 15 is 0 Å². The summed E-state index contributed by atoms with van der Waals surface area (Å²) in [6.45, 7) is 2.26. The fourth-order valence-electron chi connectivity index (χ4n) is 2.44. The summed E-state index contributed by atoms with van der Waals surface area (Å²) in [5.41, 5.74) is 2.93. The third-order valence-electron chi connectivity index (χ3n) is 3.51. The van der Waals surface area contributed by atoms with Crippen molar-refractivity contribution < 1.29 is 9.47 Å². The summed E-state index contributed by atoms with van der Waals surface area (Å²) in [5.74, 6) is 0.778. The number of halogens is 1. The number of nitrogens with zero attached hydrogens (tertiary/aromatic N) is 1. The van der Waals surface area contributed by atoms with Gasteiger partial charge in [0.1, 0.15) is 5.75 Å². The maximum absolute atomic E-state index is 6.27. The number of benzene rings is 1. The molecule has 4 nitrogen and oxygen atoms in total. The predicted molar refractivity (Wildman–Crippen MR) is 82.8 cm³/mol. The van der Waals surface area contributed by atoms with E-state index < -0.39 is 0 Å². The maximum atomic E-state index is 6.27. The quantitative estimate of drug-likeness (QED) is 0.946. The smallest absolute Gasteiger partial charge is 0.122 e. The first-order valence-corrected chi connectivity index (χ1v) is 7.26. The van der Waals surface area contributed by atoms with Gasteiger partial charge in [-0.25, -0.2) is 0 Å². The molecule has 1 aliphatic heterocycles. The standard InChI is InChI=1S/C16H17ClN2O2/c1-20-14-2-3-18-15(9-14)11-6-12(8-13(17)7-11)16-10-21-5-4-19-16/h2-3,6-9,16,19H,4-5,10H2,1H3. The lowest BCUT2D eigenvalue weighted by Gasteiger charge is -2.24. The van der Waals surface area contributed by atoms with Gasteiger partial charge in [0, 0.05) is 29.4 Å². The summed E-state index contributed by atoms with van der Waals surface area (Å²) in [6, 6.07) is 9.88. The lowest BCUT2D eigenvalue weighted by atomic mass is 10.0. The van der Waals surface area contributed by atoms with Crippen LogP contribution < -0.4 is 10.1 Å². The van der Waals surface area contributed by atoms with E-state index in [4.69, 9.17) is 21.1 Å². The van der Waals surface area contributed by atoms with Crippen molar-refractivity contribution in [3.05, 3.63) is 47.1 Å². The minimum atomic E-state index is 0.168. The molecule has 1 aromatic carbocycles. The molecule has 1 aliphatic rings. The van der Waals surface area contributed by atoms with Gasteiger partial charge in [-0.3, -0.25) is 4.98 Å². The van der Waals surface area contributed by atoms with Crippen molar-refractivity contribution in [2.45, 2.75) is 6.04 Å². The Morgan fingerprint density at radius 2 is 2.24 bits per heavy atom. The number of rotatable bonds is 3. The maximum Gasteiger partial charge on any atom is 0.122 e. The topological polar surface area (TPSA) is 43.4 Å². The number of ether oxygens (including phenoxy) is 2. The number of hydrogen-bond acceptors (Lipinski definition) is 4. The van der Waals surface area contributed by atoms with Crippen LogP contribution >= 0.6 is 11.6 Å². The molecule has 1 saturated heterocycles. The molecule has 1 aromatic heterocycles. The Labute approximate surface area is 129 Å². The molecule has 1 N–H and O–H groups in total. The molecule has 3 rings (SSSR count). The van der Waals surface area contributed by atoms with Gasteiger partial charge in [-0.1, -0.05) is 11.6 Å². The first kappa shape index (κ1) is 14.3. The third-order valence-corrected chi connectivity index (χ3v) is 3.73. The van der Waals surface area contributed by atoms with Crippen molar-refractivity contribution in [1.29, 1.82) is 0 Å². The molecule has 0 spiro atoms. The van der Waals surface area contributed by atoms with E-state index in [1.807, 2.05) is 24.3 Å². The summed E-state index contributed by atoms with van der Waals surface area (Å²) < 4.78 is 10.8. The number of pyridine rings is 1. The Morgan fingerprint density at radius 1 is 1.33 bits per heavy atom. The Morgan fingerprint density at radius 3 is 3.00 bits per heavy atom. The van der Waals surface area contributed by atoms with Crippen LogP contribution in [0.4, 0.5) is 0 Å². The highest BCUT2D eigenvalue weighted by molar-refractivity contribution is 6.31. The molecule has 110 valence electrons. The Hall–Kier alpha value is -1.62. The largest absolute Gasteiger partial charge is 0.497 e. The van der Waals surface area contributed by atoms with Crippen LogP contribution in [-0.2, 0) is 4.74 Å². The summed E-state index contributed by atoms with van der Waals surface area (Å²) in [7, 11) is 1.64. The van der Waals surface area contributed by atoms with Gasteiger partial charge in [0.05, 0.1) is 32.1 Å². The van der Waals surface area contributed by atoms with E-state index in [0.29, 0.717) is 11.6 Å². The summed E-state index contributed by atoms with van der Waals surface area (Å²) in [5, 5.41) is 4.13. The molecular weight excluding hydrogens is 288 g/mol. The summed E-state index contributed by atoms with van der Waals surface area (Å²) >= 11 is 6.27. The Bertz CT molecular complexity index is 627. The van der Waals surface area contributed by atoms with Gasteiger partial charge in [-0.05, 0) is 29.8 Å². The molecule has 0 aliphatic carbocycles. The molecule has 21 heavy (non-hydrogen) atoms. The highest BCUT2D eigenvalue weighted by Crippen LogP contribution is 2.28. The Kier molecular flexibility index (Phi) is 4.39. The highest BCUT2D eigenvalue weighted by atomic mass is 35.5. The molecule has 2 heterocycles. The number of aromatic nitrogens is 1. The number of methoxy groups -OCH3 is 1. The fourth-order valence-corrected chi connectivity index (χ4v) is 2.68. The highest BCUT2D eigenvalue weighted by Gasteiger charge is 2.17. The van der Waals surface area contributed by atoms with E-state index in [1.54, 1.807) is 13.3 Å². The molecule has 5 heteroatoms. The number of hydrogen-bond donors (Lipinski definition) is 1. The summed E-state index contributed by atoms with van der Waals surface area (Å²) in [4.78, 5) is 4.39. The molecule has 1 atom stereocenters. The van der Waals surface area contributed by atoms with Crippen LogP contribution in [0.1, 0.15) is 11.6 Å². The zero-order valence-electron chi connectivity index (χ0n) is 11.8. The first-order chi connectivity index (χ1) is 10.3. The summed E-state index contributed by atoms with van der Waals surface area (Å²) in [6.07, 6.45) is 1.73. The number of nitrogens with one attached hydrogen (secondary N) is 1. The second-order valence-electron chi connectivity index (χ2n) is 4.94. The van der Waals surface area contributed by atoms with Crippen molar-refractivity contribution in [3.8, 4) is 17.0 Å². The fraction of sp³-hybridized carbons (Fsp3) is 0.312.